The summed E-state index contributed by atoms with van der Waals surface area (Å²) in [6.07, 6.45) is 1.81. The summed E-state index contributed by atoms with van der Waals surface area (Å²) >= 11 is 0. The molecule has 1 aromatic carbocycles. The highest BCUT2D eigenvalue weighted by molar-refractivity contribution is 5.70. The molecule has 27 heavy (non-hydrogen) atoms. The first-order chi connectivity index (χ1) is 13.2. The first-order valence-corrected chi connectivity index (χ1v) is 8.86. The highest BCUT2D eigenvalue weighted by atomic mass is 16.5. The molecule has 1 aromatic heterocycles. The number of anilines is 1. The number of benzene rings is 1. The quantitative estimate of drug-likeness (QED) is 0.571. The van der Waals surface area contributed by atoms with Crippen LogP contribution >= 0.6 is 0 Å². The van der Waals surface area contributed by atoms with Gasteiger partial charge in [-0.2, -0.15) is 5.10 Å². The Bertz CT molecular complexity index is 777. The van der Waals surface area contributed by atoms with Gasteiger partial charge in [-0.05, 0) is 18.9 Å². The summed E-state index contributed by atoms with van der Waals surface area (Å²) < 4.78 is 11.7. The lowest BCUT2D eigenvalue weighted by Gasteiger charge is -2.13. The summed E-state index contributed by atoms with van der Waals surface area (Å²) in [6.45, 7) is 2.58. The summed E-state index contributed by atoms with van der Waals surface area (Å²) in [6, 6.07) is 9.62. The van der Waals surface area contributed by atoms with E-state index in [1.807, 2.05) is 30.3 Å². The maximum atomic E-state index is 12.7. The Labute approximate surface area is 157 Å². The molecule has 146 valence electrons. The molecule has 2 rings (SSSR count). The van der Waals surface area contributed by atoms with Gasteiger partial charge in [0.2, 0.25) is 0 Å². The summed E-state index contributed by atoms with van der Waals surface area (Å²) in [5.41, 5.74) is 1.57. The lowest BCUT2D eigenvalue weighted by atomic mass is 10.1. The number of nitrogens with one attached hydrogen (secondary N) is 1. The highest BCUT2D eigenvalue weighted by Crippen LogP contribution is 2.12. The average Bonchev–Trinajstić information content (AvgIpc) is 2.68. The van der Waals surface area contributed by atoms with E-state index < -0.39 is 0 Å². The van der Waals surface area contributed by atoms with E-state index in [4.69, 9.17) is 14.6 Å². The van der Waals surface area contributed by atoms with Gasteiger partial charge in [-0.3, -0.25) is 9.59 Å². The molecule has 0 radical (unpaired) electrons. The second-order valence-electron chi connectivity index (χ2n) is 5.76. The number of aliphatic hydroxyl groups excluding tert-OH is 1. The fourth-order valence-corrected chi connectivity index (χ4v) is 2.49. The Morgan fingerprint density at radius 1 is 1.30 bits per heavy atom. The SMILES string of the molecule is CCOC(=O)CCc1c(NCCO)cnn(COCc2ccccc2)c1=O. The van der Waals surface area contributed by atoms with E-state index in [1.165, 1.54) is 10.9 Å². The van der Waals surface area contributed by atoms with Gasteiger partial charge >= 0.3 is 5.97 Å². The van der Waals surface area contributed by atoms with Crippen LogP contribution in [0.15, 0.2) is 41.3 Å². The van der Waals surface area contributed by atoms with E-state index >= 15 is 0 Å². The van der Waals surface area contributed by atoms with E-state index in [9.17, 15) is 9.59 Å². The minimum absolute atomic E-state index is 0.000411. The van der Waals surface area contributed by atoms with Crippen molar-refractivity contribution in [2.24, 2.45) is 0 Å². The standard InChI is InChI=1S/C19H25N3O5/c1-2-27-18(24)9-8-16-17(20-10-11-23)12-21-22(19(16)25)14-26-13-15-6-4-3-5-7-15/h3-7,12,20,23H,2,8-11,13-14H2,1H3. The Morgan fingerprint density at radius 2 is 2.07 bits per heavy atom. The monoisotopic (exact) mass is 375 g/mol. The predicted octanol–water partition coefficient (Wildman–Crippen LogP) is 1.32. The van der Waals surface area contributed by atoms with Crippen molar-refractivity contribution in [3.05, 3.63) is 58.0 Å². The Hall–Kier alpha value is -2.71. The average molecular weight is 375 g/mol. The molecule has 0 aliphatic rings. The van der Waals surface area contributed by atoms with Crippen molar-refractivity contribution >= 4 is 11.7 Å². The van der Waals surface area contributed by atoms with Crippen LogP contribution in [0.2, 0.25) is 0 Å². The number of carbonyl (C=O) groups is 1. The Kier molecular flexibility index (Phi) is 8.47. The molecular formula is C19H25N3O5. The molecule has 8 nitrogen and oxygen atoms in total. The van der Waals surface area contributed by atoms with Gasteiger partial charge in [0.1, 0.15) is 6.73 Å². The third-order valence-corrected chi connectivity index (χ3v) is 3.78. The number of nitrogens with zero attached hydrogens (tertiary/aromatic N) is 2. The van der Waals surface area contributed by atoms with E-state index in [1.54, 1.807) is 6.92 Å². The second-order valence-corrected chi connectivity index (χ2v) is 5.76. The van der Waals surface area contributed by atoms with Crippen LogP contribution in [-0.2, 0) is 34.0 Å². The molecule has 0 aliphatic carbocycles. The van der Waals surface area contributed by atoms with Crippen molar-refractivity contribution in [3.8, 4) is 0 Å². The zero-order chi connectivity index (χ0) is 19.5. The number of rotatable bonds is 11. The number of hydrogen-bond acceptors (Lipinski definition) is 7. The molecule has 0 saturated heterocycles. The molecule has 0 unspecified atom stereocenters. The number of esters is 1. The van der Waals surface area contributed by atoms with Crippen molar-refractivity contribution < 1.29 is 19.4 Å². The third-order valence-electron chi connectivity index (χ3n) is 3.78. The summed E-state index contributed by atoms with van der Waals surface area (Å²) in [5.74, 6) is -0.367. The lowest BCUT2D eigenvalue weighted by molar-refractivity contribution is -0.143. The van der Waals surface area contributed by atoms with Crippen LogP contribution in [0.3, 0.4) is 0 Å². The number of aromatic nitrogens is 2. The highest BCUT2D eigenvalue weighted by Gasteiger charge is 2.14. The fourth-order valence-electron chi connectivity index (χ4n) is 2.49. The van der Waals surface area contributed by atoms with E-state index in [0.717, 1.165) is 5.56 Å². The summed E-state index contributed by atoms with van der Waals surface area (Å²) in [5, 5.41) is 16.0. The smallest absolute Gasteiger partial charge is 0.306 e. The van der Waals surface area contributed by atoms with Gasteiger partial charge < -0.3 is 19.9 Å². The fraction of sp³-hybridized carbons (Fsp3) is 0.421. The Balaban J connectivity index is 2.09. The number of carbonyl (C=O) groups excluding carboxylic acids is 1. The van der Waals surface area contributed by atoms with Crippen LogP contribution in [0.5, 0.6) is 0 Å². The van der Waals surface area contributed by atoms with Crippen molar-refractivity contribution in [2.45, 2.75) is 33.1 Å². The first kappa shape index (κ1) is 20.6. The minimum Gasteiger partial charge on any atom is -0.466 e. The largest absolute Gasteiger partial charge is 0.466 e. The number of ether oxygens (including phenoxy) is 2. The molecule has 2 N–H and O–H groups in total. The van der Waals surface area contributed by atoms with E-state index in [2.05, 4.69) is 10.4 Å². The molecule has 8 heteroatoms. The number of aliphatic hydroxyl groups is 1. The van der Waals surface area contributed by atoms with Gasteiger partial charge in [-0.15, -0.1) is 0 Å². The molecule has 1 heterocycles. The number of hydrogen-bond donors (Lipinski definition) is 2. The minimum atomic E-state index is -0.367. The predicted molar refractivity (Wildman–Crippen MR) is 100 cm³/mol. The van der Waals surface area contributed by atoms with Gasteiger partial charge in [-0.1, -0.05) is 30.3 Å². The normalized spacial score (nSPS) is 10.6. The molecule has 0 atom stereocenters. The maximum Gasteiger partial charge on any atom is 0.306 e. The zero-order valence-electron chi connectivity index (χ0n) is 15.4. The van der Waals surface area contributed by atoms with Crippen LogP contribution in [0, 0.1) is 0 Å². The molecule has 0 aliphatic heterocycles. The maximum absolute atomic E-state index is 12.7. The van der Waals surface area contributed by atoms with Crippen LogP contribution in [0.25, 0.3) is 0 Å². The molecule has 0 spiro atoms. The molecule has 2 aromatic rings. The van der Waals surface area contributed by atoms with Gasteiger partial charge in [0.15, 0.2) is 0 Å². The van der Waals surface area contributed by atoms with Crippen LogP contribution in [0.1, 0.15) is 24.5 Å². The lowest BCUT2D eigenvalue weighted by Crippen LogP contribution is -2.29. The molecular weight excluding hydrogens is 350 g/mol. The van der Waals surface area contributed by atoms with Gasteiger partial charge in [-0.25, -0.2) is 4.68 Å². The van der Waals surface area contributed by atoms with Crippen LogP contribution in [-0.4, -0.2) is 40.6 Å². The molecule has 0 bridgehead atoms. The first-order valence-electron chi connectivity index (χ1n) is 8.86. The Morgan fingerprint density at radius 3 is 2.78 bits per heavy atom. The second kappa shape index (κ2) is 11.1. The van der Waals surface area contributed by atoms with E-state index in [-0.39, 0.29) is 44.3 Å². The third kappa shape index (κ3) is 6.50. The van der Waals surface area contributed by atoms with Crippen molar-refractivity contribution in [1.82, 2.24) is 9.78 Å². The topological polar surface area (TPSA) is 103 Å². The van der Waals surface area contributed by atoms with Crippen molar-refractivity contribution in [1.29, 1.82) is 0 Å². The van der Waals surface area contributed by atoms with Crippen molar-refractivity contribution in [3.63, 3.8) is 0 Å². The zero-order valence-corrected chi connectivity index (χ0v) is 15.4. The summed E-state index contributed by atoms with van der Waals surface area (Å²) in [4.78, 5) is 24.4. The van der Waals surface area contributed by atoms with Crippen LogP contribution < -0.4 is 10.9 Å². The molecule has 0 amide bonds. The van der Waals surface area contributed by atoms with Gasteiger partial charge in [0.05, 0.1) is 31.7 Å². The van der Waals surface area contributed by atoms with E-state index in [0.29, 0.717) is 24.5 Å². The van der Waals surface area contributed by atoms with Gasteiger partial charge in [0, 0.05) is 18.5 Å². The molecule has 0 saturated carbocycles. The van der Waals surface area contributed by atoms with Gasteiger partial charge in [0.25, 0.3) is 5.56 Å². The van der Waals surface area contributed by atoms with Crippen molar-refractivity contribution in [2.75, 3.05) is 25.1 Å². The molecule has 0 fully saturated rings. The van der Waals surface area contributed by atoms with Crippen LogP contribution in [0.4, 0.5) is 5.69 Å². The summed E-state index contributed by atoms with van der Waals surface area (Å²) in [7, 11) is 0.